The summed E-state index contributed by atoms with van der Waals surface area (Å²) in [7, 11) is 1.66. The summed E-state index contributed by atoms with van der Waals surface area (Å²) in [5.41, 5.74) is -0.660. The molecule has 0 aromatic heterocycles. The van der Waals surface area contributed by atoms with Gasteiger partial charge >= 0.3 is 0 Å². The molecule has 1 saturated carbocycles. The number of nitrogens with zero attached hydrogens (tertiary/aromatic N) is 1. The van der Waals surface area contributed by atoms with Gasteiger partial charge in [-0.05, 0) is 18.8 Å². The highest BCUT2D eigenvalue weighted by atomic mass is 16.5. The molecule has 1 aliphatic heterocycles. The zero-order valence-electron chi connectivity index (χ0n) is 13.5. The van der Waals surface area contributed by atoms with Gasteiger partial charge < -0.3 is 15.0 Å². The van der Waals surface area contributed by atoms with Gasteiger partial charge in [0.15, 0.2) is 0 Å². The number of carbonyl (C=O) groups is 2. The Labute approximate surface area is 127 Å². The van der Waals surface area contributed by atoms with Crippen LogP contribution in [0.15, 0.2) is 0 Å². The number of hydrogen-bond donors (Lipinski definition) is 1. The molecule has 2 aliphatic rings. The summed E-state index contributed by atoms with van der Waals surface area (Å²) >= 11 is 0. The highest BCUT2D eigenvalue weighted by molar-refractivity contribution is 5.93. The minimum Gasteiger partial charge on any atom is -0.383 e. The number of hydrogen-bond acceptors (Lipinski definition) is 3. The fraction of sp³-hybridized carbons (Fsp3) is 0.875. The number of ether oxygens (including phenoxy) is 1. The summed E-state index contributed by atoms with van der Waals surface area (Å²) in [6, 6.07) is 0.0361. The predicted molar refractivity (Wildman–Crippen MR) is 80.8 cm³/mol. The van der Waals surface area contributed by atoms with E-state index >= 15 is 0 Å². The summed E-state index contributed by atoms with van der Waals surface area (Å²) in [5, 5.41) is 3.04. The lowest BCUT2D eigenvalue weighted by Crippen LogP contribution is -2.60. The lowest BCUT2D eigenvalue weighted by atomic mass is 9.80. The molecule has 1 aliphatic carbocycles. The Kier molecular flexibility index (Phi) is 5.25. The normalized spacial score (nSPS) is 24.1. The maximum atomic E-state index is 13.1. The van der Waals surface area contributed by atoms with Crippen LogP contribution < -0.4 is 5.32 Å². The summed E-state index contributed by atoms with van der Waals surface area (Å²) < 4.78 is 5.31. The fourth-order valence-electron chi connectivity index (χ4n) is 3.60. The molecular weight excluding hydrogens is 268 g/mol. The van der Waals surface area contributed by atoms with Crippen molar-refractivity contribution in [1.82, 2.24) is 10.2 Å². The van der Waals surface area contributed by atoms with Crippen molar-refractivity contribution < 1.29 is 14.3 Å². The number of amides is 2. The summed E-state index contributed by atoms with van der Waals surface area (Å²) in [6.45, 7) is 5.22. The summed E-state index contributed by atoms with van der Waals surface area (Å²) in [6.07, 6.45) is 5.10. The van der Waals surface area contributed by atoms with Crippen LogP contribution in [0.5, 0.6) is 0 Å². The molecule has 2 rings (SSSR count). The van der Waals surface area contributed by atoms with Gasteiger partial charge in [-0.15, -0.1) is 0 Å². The highest BCUT2D eigenvalue weighted by Crippen LogP contribution is 2.33. The van der Waals surface area contributed by atoms with Crippen LogP contribution in [0.4, 0.5) is 0 Å². The Morgan fingerprint density at radius 1 is 1.24 bits per heavy atom. The maximum Gasteiger partial charge on any atom is 0.248 e. The molecule has 0 radical (unpaired) electrons. The van der Waals surface area contributed by atoms with E-state index in [1.165, 1.54) is 0 Å². The SMILES string of the molecule is COCC(C(C)C)N1CCC(=O)NC2(CCCCC2)C1=O. The van der Waals surface area contributed by atoms with Gasteiger partial charge in [0.1, 0.15) is 5.54 Å². The van der Waals surface area contributed by atoms with Crippen molar-refractivity contribution >= 4 is 11.8 Å². The lowest BCUT2D eigenvalue weighted by Gasteiger charge is -2.41. The molecule has 2 fully saturated rings. The Bertz CT molecular complexity index is 389. The molecule has 5 heteroatoms. The molecule has 0 bridgehead atoms. The molecule has 1 heterocycles. The van der Waals surface area contributed by atoms with E-state index in [9.17, 15) is 9.59 Å². The molecule has 1 spiro atoms. The van der Waals surface area contributed by atoms with Gasteiger partial charge in [0.05, 0.1) is 12.6 Å². The monoisotopic (exact) mass is 296 g/mol. The van der Waals surface area contributed by atoms with Crippen molar-refractivity contribution in [2.75, 3.05) is 20.3 Å². The van der Waals surface area contributed by atoms with Gasteiger partial charge in [0.25, 0.3) is 0 Å². The smallest absolute Gasteiger partial charge is 0.248 e. The van der Waals surface area contributed by atoms with Crippen LogP contribution >= 0.6 is 0 Å². The third kappa shape index (κ3) is 3.39. The molecular formula is C16H28N2O3. The van der Waals surface area contributed by atoms with Crippen molar-refractivity contribution in [1.29, 1.82) is 0 Å². The lowest BCUT2D eigenvalue weighted by molar-refractivity contribution is -0.144. The molecule has 5 nitrogen and oxygen atoms in total. The molecule has 1 N–H and O–H groups in total. The zero-order chi connectivity index (χ0) is 15.5. The van der Waals surface area contributed by atoms with Crippen LogP contribution in [0.1, 0.15) is 52.4 Å². The van der Waals surface area contributed by atoms with Crippen LogP contribution in [0.3, 0.4) is 0 Å². The molecule has 2 amide bonds. The van der Waals surface area contributed by atoms with Gasteiger partial charge in [0, 0.05) is 20.1 Å². The topological polar surface area (TPSA) is 58.6 Å². The Morgan fingerprint density at radius 2 is 1.90 bits per heavy atom. The first-order valence-corrected chi connectivity index (χ1v) is 8.11. The first kappa shape index (κ1) is 16.3. The van der Waals surface area contributed by atoms with E-state index in [4.69, 9.17) is 4.74 Å². The minimum atomic E-state index is -0.660. The first-order valence-electron chi connectivity index (χ1n) is 8.11. The molecule has 1 saturated heterocycles. The Balaban J connectivity index is 2.27. The predicted octanol–water partition coefficient (Wildman–Crippen LogP) is 1.71. The average molecular weight is 296 g/mol. The van der Waals surface area contributed by atoms with Gasteiger partial charge in [-0.2, -0.15) is 0 Å². The largest absolute Gasteiger partial charge is 0.383 e. The molecule has 21 heavy (non-hydrogen) atoms. The molecule has 0 aromatic carbocycles. The number of nitrogens with one attached hydrogen (secondary N) is 1. The van der Waals surface area contributed by atoms with Gasteiger partial charge in [0.2, 0.25) is 11.8 Å². The minimum absolute atomic E-state index is 0.00710. The zero-order valence-corrected chi connectivity index (χ0v) is 13.5. The van der Waals surface area contributed by atoms with Crippen LogP contribution in [0.2, 0.25) is 0 Å². The van der Waals surface area contributed by atoms with E-state index in [0.717, 1.165) is 32.1 Å². The van der Waals surface area contributed by atoms with Gasteiger partial charge in [-0.25, -0.2) is 0 Å². The highest BCUT2D eigenvalue weighted by Gasteiger charge is 2.46. The second-order valence-electron chi connectivity index (χ2n) is 6.71. The Morgan fingerprint density at radius 3 is 2.48 bits per heavy atom. The van der Waals surface area contributed by atoms with Crippen molar-refractivity contribution in [3.8, 4) is 0 Å². The van der Waals surface area contributed by atoms with E-state index in [1.807, 2.05) is 4.90 Å². The summed E-state index contributed by atoms with van der Waals surface area (Å²) in [5.74, 6) is 0.416. The van der Waals surface area contributed by atoms with Crippen molar-refractivity contribution in [3.63, 3.8) is 0 Å². The molecule has 1 unspecified atom stereocenters. The standard InChI is InChI=1S/C16H28N2O3/c1-12(2)13(11-21-3)18-10-7-14(19)17-16(15(18)20)8-5-4-6-9-16/h12-13H,4-11H2,1-3H3,(H,17,19). The maximum absolute atomic E-state index is 13.1. The van der Waals surface area contributed by atoms with E-state index in [2.05, 4.69) is 19.2 Å². The van der Waals surface area contributed by atoms with E-state index < -0.39 is 5.54 Å². The van der Waals surface area contributed by atoms with Crippen LogP contribution in [0.25, 0.3) is 0 Å². The number of carbonyl (C=O) groups excluding carboxylic acids is 2. The van der Waals surface area contributed by atoms with Crippen LogP contribution in [-0.2, 0) is 14.3 Å². The average Bonchev–Trinajstić information content (AvgIpc) is 2.56. The second-order valence-corrected chi connectivity index (χ2v) is 6.71. The van der Waals surface area contributed by atoms with Crippen molar-refractivity contribution in [3.05, 3.63) is 0 Å². The van der Waals surface area contributed by atoms with Crippen LogP contribution in [-0.4, -0.2) is 48.6 Å². The molecule has 1 atom stereocenters. The van der Waals surface area contributed by atoms with Crippen LogP contribution in [0, 0.1) is 5.92 Å². The first-order chi connectivity index (χ1) is 10.00. The van der Waals surface area contributed by atoms with E-state index in [0.29, 0.717) is 25.5 Å². The molecule has 0 aromatic rings. The Hall–Kier alpha value is -1.10. The summed E-state index contributed by atoms with van der Waals surface area (Å²) in [4.78, 5) is 27.1. The van der Waals surface area contributed by atoms with E-state index in [1.54, 1.807) is 7.11 Å². The van der Waals surface area contributed by atoms with E-state index in [-0.39, 0.29) is 17.9 Å². The third-order valence-corrected chi connectivity index (χ3v) is 4.84. The van der Waals surface area contributed by atoms with Crippen molar-refractivity contribution in [2.45, 2.75) is 64.0 Å². The third-order valence-electron chi connectivity index (χ3n) is 4.84. The quantitative estimate of drug-likeness (QED) is 0.859. The van der Waals surface area contributed by atoms with Crippen molar-refractivity contribution in [2.24, 2.45) is 5.92 Å². The number of rotatable bonds is 4. The number of methoxy groups -OCH3 is 1. The van der Waals surface area contributed by atoms with Gasteiger partial charge in [-0.3, -0.25) is 9.59 Å². The van der Waals surface area contributed by atoms with Gasteiger partial charge in [-0.1, -0.05) is 33.1 Å². The second kappa shape index (κ2) is 6.77. The fourth-order valence-corrected chi connectivity index (χ4v) is 3.60. The molecule has 120 valence electrons.